The van der Waals surface area contributed by atoms with Gasteiger partial charge in [-0.15, -0.1) is 0 Å². The summed E-state index contributed by atoms with van der Waals surface area (Å²) in [5.74, 6) is 1.08. The van der Waals surface area contributed by atoms with Crippen LogP contribution >= 0.6 is 0 Å². The van der Waals surface area contributed by atoms with Gasteiger partial charge in [0, 0.05) is 31.0 Å². The fraction of sp³-hybridized carbons (Fsp3) is 0.526. The standard InChI is InChI=1S/C19H27N3O2/c1-15(2)22-9-8-20-19(22)13-21-10-11-24-14-17(21)12-18(23)16-6-4-3-5-7-16/h3-9,15,17-18,23H,10-14H2,1-2H3. The molecule has 24 heavy (non-hydrogen) atoms. The largest absolute Gasteiger partial charge is 0.388 e. The van der Waals surface area contributed by atoms with E-state index in [1.807, 2.05) is 42.7 Å². The highest BCUT2D eigenvalue weighted by Crippen LogP contribution is 2.24. The molecular formula is C19H27N3O2. The summed E-state index contributed by atoms with van der Waals surface area (Å²) in [4.78, 5) is 6.91. The molecule has 0 bridgehead atoms. The van der Waals surface area contributed by atoms with Gasteiger partial charge >= 0.3 is 0 Å². The lowest BCUT2D eigenvalue weighted by molar-refractivity contribution is -0.0314. The van der Waals surface area contributed by atoms with Crippen LogP contribution in [-0.2, 0) is 11.3 Å². The van der Waals surface area contributed by atoms with Crippen LogP contribution in [0.2, 0.25) is 0 Å². The molecule has 0 amide bonds. The number of nitrogens with zero attached hydrogens (tertiary/aromatic N) is 3. The van der Waals surface area contributed by atoms with Crippen molar-refractivity contribution in [1.29, 1.82) is 0 Å². The molecule has 2 heterocycles. The van der Waals surface area contributed by atoms with E-state index in [0.717, 1.165) is 31.1 Å². The summed E-state index contributed by atoms with van der Waals surface area (Å²) < 4.78 is 7.87. The van der Waals surface area contributed by atoms with Gasteiger partial charge in [0.1, 0.15) is 5.82 Å². The first kappa shape index (κ1) is 17.1. The molecule has 2 atom stereocenters. The summed E-state index contributed by atoms with van der Waals surface area (Å²) in [7, 11) is 0. The number of hydrogen-bond acceptors (Lipinski definition) is 4. The van der Waals surface area contributed by atoms with Gasteiger partial charge in [0.2, 0.25) is 0 Å². The first-order valence-corrected chi connectivity index (χ1v) is 8.71. The number of imidazole rings is 1. The molecule has 3 rings (SSSR count). The second kappa shape index (κ2) is 7.92. The zero-order valence-electron chi connectivity index (χ0n) is 14.5. The predicted molar refractivity (Wildman–Crippen MR) is 93.6 cm³/mol. The summed E-state index contributed by atoms with van der Waals surface area (Å²) in [6, 6.07) is 10.5. The van der Waals surface area contributed by atoms with Crippen molar-refractivity contribution in [2.45, 2.75) is 45.0 Å². The normalized spacial score (nSPS) is 20.4. The second-order valence-electron chi connectivity index (χ2n) is 6.71. The van der Waals surface area contributed by atoms with Crippen molar-refractivity contribution in [3.63, 3.8) is 0 Å². The second-order valence-corrected chi connectivity index (χ2v) is 6.71. The summed E-state index contributed by atoms with van der Waals surface area (Å²) in [5.41, 5.74) is 0.965. The van der Waals surface area contributed by atoms with Crippen LogP contribution in [0.15, 0.2) is 42.7 Å². The maximum Gasteiger partial charge on any atom is 0.123 e. The van der Waals surface area contributed by atoms with Crippen molar-refractivity contribution in [3.05, 3.63) is 54.1 Å². The Morgan fingerprint density at radius 2 is 2.08 bits per heavy atom. The van der Waals surface area contributed by atoms with E-state index in [1.54, 1.807) is 0 Å². The Morgan fingerprint density at radius 3 is 2.83 bits per heavy atom. The SMILES string of the molecule is CC(C)n1ccnc1CN1CCOCC1CC(O)c1ccccc1. The maximum absolute atomic E-state index is 10.6. The highest BCUT2D eigenvalue weighted by molar-refractivity contribution is 5.17. The summed E-state index contributed by atoms with van der Waals surface area (Å²) in [6.07, 6.45) is 4.11. The predicted octanol–water partition coefficient (Wildman–Crippen LogP) is 2.79. The molecule has 1 saturated heterocycles. The van der Waals surface area contributed by atoms with Crippen LogP contribution in [0.3, 0.4) is 0 Å². The van der Waals surface area contributed by atoms with Crippen molar-refractivity contribution in [3.8, 4) is 0 Å². The van der Waals surface area contributed by atoms with Gasteiger partial charge in [-0.1, -0.05) is 30.3 Å². The molecule has 130 valence electrons. The fourth-order valence-corrected chi connectivity index (χ4v) is 3.30. The molecule has 2 unspecified atom stereocenters. The van der Waals surface area contributed by atoms with Crippen LogP contribution in [0.5, 0.6) is 0 Å². The molecule has 1 aliphatic heterocycles. The van der Waals surface area contributed by atoms with Gasteiger partial charge in [0.25, 0.3) is 0 Å². The van der Waals surface area contributed by atoms with Crippen LogP contribution in [0.1, 0.15) is 43.8 Å². The molecule has 1 fully saturated rings. The number of hydrogen-bond donors (Lipinski definition) is 1. The molecule has 1 aromatic carbocycles. The first-order chi connectivity index (χ1) is 11.6. The Balaban J connectivity index is 1.68. The van der Waals surface area contributed by atoms with E-state index < -0.39 is 6.10 Å². The van der Waals surface area contributed by atoms with Crippen molar-refractivity contribution >= 4 is 0 Å². The smallest absolute Gasteiger partial charge is 0.123 e. The Labute approximate surface area is 143 Å². The van der Waals surface area contributed by atoms with E-state index in [2.05, 4.69) is 28.3 Å². The molecular weight excluding hydrogens is 302 g/mol. The average Bonchev–Trinajstić information content (AvgIpc) is 3.06. The van der Waals surface area contributed by atoms with E-state index >= 15 is 0 Å². The van der Waals surface area contributed by atoms with Gasteiger partial charge in [-0.05, 0) is 25.8 Å². The van der Waals surface area contributed by atoms with Crippen molar-refractivity contribution in [2.75, 3.05) is 19.8 Å². The molecule has 5 heteroatoms. The van der Waals surface area contributed by atoms with Gasteiger partial charge in [0.15, 0.2) is 0 Å². The lowest BCUT2D eigenvalue weighted by atomic mass is 10.0. The number of benzene rings is 1. The molecule has 1 aliphatic rings. The van der Waals surface area contributed by atoms with Crippen molar-refractivity contribution in [1.82, 2.24) is 14.5 Å². The lowest BCUT2D eigenvalue weighted by Crippen LogP contribution is -2.46. The summed E-state index contributed by atoms with van der Waals surface area (Å²) >= 11 is 0. The number of ether oxygens (including phenoxy) is 1. The third kappa shape index (κ3) is 4.04. The van der Waals surface area contributed by atoms with Gasteiger partial charge in [0.05, 0.1) is 25.9 Å². The van der Waals surface area contributed by atoms with E-state index in [-0.39, 0.29) is 6.04 Å². The molecule has 0 spiro atoms. The Morgan fingerprint density at radius 1 is 1.29 bits per heavy atom. The number of aliphatic hydroxyl groups excluding tert-OH is 1. The Bertz CT molecular complexity index is 627. The minimum atomic E-state index is -0.467. The number of rotatable bonds is 6. The van der Waals surface area contributed by atoms with E-state index in [0.29, 0.717) is 19.1 Å². The third-order valence-corrected chi connectivity index (χ3v) is 4.68. The molecule has 0 radical (unpaired) electrons. The van der Waals surface area contributed by atoms with Crippen molar-refractivity contribution < 1.29 is 9.84 Å². The lowest BCUT2D eigenvalue weighted by Gasteiger charge is -2.36. The molecule has 1 N–H and O–H groups in total. The van der Waals surface area contributed by atoms with Crippen molar-refractivity contribution in [2.24, 2.45) is 0 Å². The minimum Gasteiger partial charge on any atom is -0.388 e. The maximum atomic E-state index is 10.6. The van der Waals surface area contributed by atoms with Gasteiger partial charge in [-0.2, -0.15) is 0 Å². The van der Waals surface area contributed by atoms with Crippen LogP contribution in [0.25, 0.3) is 0 Å². The zero-order chi connectivity index (χ0) is 16.9. The van der Waals surface area contributed by atoms with Crippen LogP contribution < -0.4 is 0 Å². The molecule has 1 aromatic heterocycles. The Hall–Kier alpha value is -1.69. The highest BCUT2D eigenvalue weighted by Gasteiger charge is 2.27. The molecule has 2 aromatic rings. The van der Waals surface area contributed by atoms with Crippen LogP contribution in [0, 0.1) is 0 Å². The van der Waals surface area contributed by atoms with E-state index in [4.69, 9.17) is 4.74 Å². The number of aliphatic hydroxyl groups is 1. The number of aromatic nitrogens is 2. The quantitative estimate of drug-likeness (QED) is 0.885. The van der Waals surface area contributed by atoms with Gasteiger partial charge in [-0.3, -0.25) is 4.90 Å². The first-order valence-electron chi connectivity index (χ1n) is 8.71. The van der Waals surface area contributed by atoms with Crippen LogP contribution in [0.4, 0.5) is 0 Å². The average molecular weight is 329 g/mol. The van der Waals surface area contributed by atoms with E-state index in [1.165, 1.54) is 0 Å². The summed E-state index contributed by atoms with van der Waals surface area (Å²) in [5, 5.41) is 10.6. The Kier molecular flexibility index (Phi) is 5.66. The topological polar surface area (TPSA) is 50.5 Å². The fourth-order valence-electron chi connectivity index (χ4n) is 3.30. The molecule has 5 nitrogen and oxygen atoms in total. The van der Waals surface area contributed by atoms with E-state index in [9.17, 15) is 5.11 Å². The third-order valence-electron chi connectivity index (χ3n) is 4.68. The van der Waals surface area contributed by atoms with Gasteiger partial charge in [-0.25, -0.2) is 4.98 Å². The summed E-state index contributed by atoms with van der Waals surface area (Å²) in [6.45, 7) is 7.40. The number of morpholine rings is 1. The highest BCUT2D eigenvalue weighted by atomic mass is 16.5. The van der Waals surface area contributed by atoms with Gasteiger partial charge < -0.3 is 14.4 Å². The monoisotopic (exact) mass is 329 g/mol. The zero-order valence-corrected chi connectivity index (χ0v) is 14.5. The van der Waals surface area contributed by atoms with Crippen LogP contribution in [-0.4, -0.2) is 45.4 Å². The minimum absolute atomic E-state index is 0.200. The molecule has 0 saturated carbocycles. The molecule has 0 aliphatic carbocycles.